The second-order valence-corrected chi connectivity index (χ2v) is 8.44. The Morgan fingerprint density at radius 2 is 1.83 bits per heavy atom. The molecule has 0 spiro atoms. The fourth-order valence-corrected chi connectivity index (χ4v) is 3.12. The molecule has 0 unspecified atom stereocenters. The molecule has 0 aliphatic heterocycles. The van der Waals surface area contributed by atoms with Crippen molar-refractivity contribution in [3.63, 3.8) is 0 Å². The molecule has 3 rings (SSSR count). The Morgan fingerprint density at radius 3 is 2.50 bits per heavy atom. The van der Waals surface area contributed by atoms with Gasteiger partial charge in [0.25, 0.3) is 0 Å². The molecule has 0 saturated carbocycles. The third kappa shape index (κ3) is 4.62. The van der Waals surface area contributed by atoms with E-state index in [0.717, 1.165) is 12.0 Å². The number of phenolic OH excluding ortho intramolecular Hbond substituents is 2. The molecule has 0 atom stereocenters. The number of aryl methyl sites for hydroxylation is 1. The summed E-state index contributed by atoms with van der Waals surface area (Å²) in [6.45, 7) is 11.4. The lowest BCUT2D eigenvalue weighted by atomic mass is 9.86. The smallest absolute Gasteiger partial charge is 0.333 e. The van der Waals surface area contributed by atoms with Gasteiger partial charge in [-0.05, 0) is 48.9 Å². The van der Waals surface area contributed by atoms with Crippen LogP contribution >= 0.6 is 0 Å². The molecule has 0 fully saturated rings. The highest BCUT2D eigenvalue weighted by Gasteiger charge is 2.23. The number of benzene rings is 2. The van der Waals surface area contributed by atoms with E-state index >= 15 is 0 Å². The van der Waals surface area contributed by atoms with E-state index in [9.17, 15) is 15.0 Å². The van der Waals surface area contributed by atoms with Gasteiger partial charge in [-0.3, -0.25) is 0 Å². The van der Waals surface area contributed by atoms with Crippen LogP contribution in [0.2, 0.25) is 0 Å². The standard InChI is InChI=1S/C23H27N3O4/c1-14(2)22(29)30-10-6-7-15-8-9-18-19(11-15)25-26(24-18)20-13-16(27)12-17(21(20)28)23(3,4)5/h8-9,11-13,27-28H,1,6-7,10H2,2-5H3. The average molecular weight is 409 g/mol. The van der Waals surface area contributed by atoms with Gasteiger partial charge in [-0.1, -0.05) is 33.4 Å². The molecule has 0 aliphatic rings. The molecule has 1 heterocycles. The van der Waals surface area contributed by atoms with E-state index < -0.39 is 0 Å². The van der Waals surface area contributed by atoms with Crippen molar-refractivity contribution >= 4 is 17.0 Å². The highest BCUT2D eigenvalue weighted by atomic mass is 16.5. The van der Waals surface area contributed by atoms with Crippen LogP contribution < -0.4 is 0 Å². The Kier molecular flexibility index (Phi) is 5.82. The van der Waals surface area contributed by atoms with Crippen LogP contribution in [0.1, 0.15) is 45.2 Å². The molecule has 158 valence electrons. The Morgan fingerprint density at radius 1 is 1.13 bits per heavy atom. The van der Waals surface area contributed by atoms with Crippen molar-refractivity contribution in [2.75, 3.05) is 6.61 Å². The second-order valence-electron chi connectivity index (χ2n) is 8.44. The van der Waals surface area contributed by atoms with Crippen LogP contribution in [0.15, 0.2) is 42.5 Å². The monoisotopic (exact) mass is 409 g/mol. The number of phenols is 2. The van der Waals surface area contributed by atoms with Gasteiger partial charge >= 0.3 is 5.97 Å². The SMILES string of the molecule is C=C(C)C(=O)OCCCc1ccc2nn(-c3cc(O)cc(C(C)(C)C)c3O)nc2c1. The minimum Gasteiger partial charge on any atom is -0.508 e. The summed E-state index contributed by atoms with van der Waals surface area (Å²) >= 11 is 0. The molecule has 0 saturated heterocycles. The molecule has 1 aromatic heterocycles. The second kappa shape index (κ2) is 8.18. The average Bonchev–Trinajstić information content (AvgIpc) is 3.08. The number of rotatable bonds is 6. The third-order valence-corrected chi connectivity index (χ3v) is 4.73. The van der Waals surface area contributed by atoms with E-state index in [1.165, 1.54) is 10.9 Å². The van der Waals surface area contributed by atoms with Gasteiger partial charge in [-0.15, -0.1) is 15.0 Å². The van der Waals surface area contributed by atoms with Gasteiger partial charge in [-0.2, -0.15) is 0 Å². The molecular weight excluding hydrogens is 382 g/mol. The predicted molar refractivity (Wildman–Crippen MR) is 115 cm³/mol. The van der Waals surface area contributed by atoms with Crippen LogP contribution in [0.3, 0.4) is 0 Å². The number of fused-ring (bicyclic) bond motifs is 1. The largest absolute Gasteiger partial charge is 0.508 e. The molecular formula is C23H27N3O4. The van der Waals surface area contributed by atoms with Gasteiger partial charge in [0.2, 0.25) is 0 Å². The first kappa shape index (κ1) is 21.4. The maximum atomic E-state index is 11.4. The van der Waals surface area contributed by atoms with Crippen LogP contribution in [0.4, 0.5) is 0 Å². The first-order chi connectivity index (χ1) is 14.1. The zero-order chi connectivity index (χ0) is 22.1. The Hall–Kier alpha value is -3.35. The Balaban J connectivity index is 1.82. The van der Waals surface area contributed by atoms with E-state index in [1.807, 2.05) is 39.0 Å². The first-order valence-electron chi connectivity index (χ1n) is 9.81. The zero-order valence-corrected chi connectivity index (χ0v) is 17.8. The van der Waals surface area contributed by atoms with Gasteiger partial charge in [0.05, 0.1) is 6.61 Å². The number of aromatic hydroxyl groups is 2. The maximum Gasteiger partial charge on any atom is 0.333 e. The highest BCUT2D eigenvalue weighted by molar-refractivity contribution is 5.86. The van der Waals surface area contributed by atoms with Gasteiger partial charge in [-0.25, -0.2) is 4.79 Å². The summed E-state index contributed by atoms with van der Waals surface area (Å²) in [5, 5.41) is 29.8. The van der Waals surface area contributed by atoms with E-state index in [-0.39, 0.29) is 22.9 Å². The number of hydrogen-bond donors (Lipinski definition) is 2. The number of aromatic nitrogens is 3. The number of nitrogens with zero attached hydrogens (tertiary/aromatic N) is 3. The molecule has 0 bridgehead atoms. The molecule has 7 nitrogen and oxygen atoms in total. The molecule has 2 aromatic carbocycles. The fourth-order valence-electron chi connectivity index (χ4n) is 3.12. The van der Waals surface area contributed by atoms with Gasteiger partial charge in [0, 0.05) is 17.2 Å². The van der Waals surface area contributed by atoms with Crippen molar-refractivity contribution in [3.05, 3.63) is 53.6 Å². The lowest BCUT2D eigenvalue weighted by Crippen LogP contribution is -2.13. The summed E-state index contributed by atoms with van der Waals surface area (Å²) in [5.74, 6) is -0.298. The van der Waals surface area contributed by atoms with E-state index in [1.54, 1.807) is 13.0 Å². The van der Waals surface area contributed by atoms with Crippen LogP contribution in [-0.4, -0.2) is 37.8 Å². The quantitative estimate of drug-likeness (QED) is 0.274. The summed E-state index contributed by atoms with van der Waals surface area (Å²) in [5.41, 5.74) is 3.35. The number of carbonyl (C=O) groups excluding carboxylic acids is 1. The van der Waals surface area contributed by atoms with Crippen molar-refractivity contribution in [3.8, 4) is 17.2 Å². The number of esters is 1. The van der Waals surface area contributed by atoms with Crippen molar-refractivity contribution in [2.24, 2.45) is 0 Å². The Bertz CT molecular complexity index is 1110. The molecule has 0 amide bonds. The highest BCUT2D eigenvalue weighted by Crippen LogP contribution is 2.38. The summed E-state index contributed by atoms with van der Waals surface area (Å²) in [6, 6.07) is 8.73. The fraction of sp³-hybridized carbons (Fsp3) is 0.348. The normalized spacial score (nSPS) is 11.6. The third-order valence-electron chi connectivity index (χ3n) is 4.73. The molecule has 0 radical (unpaired) electrons. The summed E-state index contributed by atoms with van der Waals surface area (Å²) < 4.78 is 5.12. The molecule has 7 heteroatoms. The van der Waals surface area contributed by atoms with Crippen molar-refractivity contribution in [1.82, 2.24) is 15.0 Å². The van der Waals surface area contributed by atoms with Crippen LogP contribution in [-0.2, 0) is 21.4 Å². The molecule has 2 N–H and O–H groups in total. The van der Waals surface area contributed by atoms with E-state index in [2.05, 4.69) is 16.8 Å². The number of carbonyl (C=O) groups is 1. The number of hydrogen-bond acceptors (Lipinski definition) is 6. The minimum absolute atomic E-state index is 0.0408. The van der Waals surface area contributed by atoms with Crippen molar-refractivity contribution in [1.29, 1.82) is 0 Å². The summed E-state index contributed by atoms with van der Waals surface area (Å²) in [7, 11) is 0. The van der Waals surface area contributed by atoms with Gasteiger partial charge < -0.3 is 14.9 Å². The van der Waals surface area contributed by atoms with Crippen molar-refractivity contribution < 1.29 is 19.7 Å². The van der Waals surface area contributed by atoms with Crippen LogP contribution in [0.25, 0.3) is 16.7 Å². The van der Waals surface area contributed by atoms with E-state index in [0.29, 0.717) is 40.9 Å². The van der Waals surface area contributed by atoms with E-state index in [4.69, 9.17) is 4.74 Å². The molecule has 30 heavy (non-hydrogen) atoms. The number of ether oxygens (including phenoxy) is 1. The summed E-state index contributed by atoms with van der Waals surface area (Å²) in [6.07, 6.45) is 1.40. The predicted octanol–water partition coefficient (Wildman–Crippen LogP) is 4.18. The van der Waals surface area contributed by atoms with Crippen molar-refractivity contribution in [2.45, 2.75) is 46.0 Å². The molecule has 3 aromatic rings. The van der Waals surface area contributed by atoms with Crippen LogP contribution in [0, 0.1) is 0 Å². The van der Waals surface area contributed by atoms with Gasteiger partial charge in [0.1, 0.15) is 28.2 Å². The lowest BCUT2D eigenvalue weighted by molar-refractivity contribution is -0.139. The topological polar surface area (TPSA) is 97.5 Å². The zero-order valence-electron chi connectivity index (χ0n) is 17.8. The van der Waals surface area contributed by atoms with Crippen LogP contribution in [0.5, 0.6) is 11.5 Å². The first-order valence-corrected chi connectivity index (χ1v) is 9.81. The summed E-state index contributed by atoms with van der Waals surface area (Å²) in [4.78, 5) is 12.8. The van der Waals surface area contributed by atoms with Gasteiger partial charge in [0.15, 0.2) is 0 Å². The maximum absolute atomic E-state index is 11.4. The Labute approximate surface area is 175 Å². The minimum atomic E-state index is -0.381. The molecule has 0 aliphatic carbocycles. The lowest BCUT2D eigenvalue weighted by Gasteiger charge is -2.21.